The van der Waals surface area contributed by atoms with Gasteiger partial charge < -0.3 is 14.8 Å². The van der Waals surface area contributed by atoms with E-state index < -0.39 is 17.7 Å². The maximum absolute atomic E-state index is 12.5. The maximum Gasteiger partial charge on any atom is 0.410 e. The number of fused-ring (bicyclic) bond motifs is 1. The molecule has 1 N–H and O–H groups in total. The standard InChI is InChI=1S/C22H28N2O4/c1-22(2,3)28-21(26)24-13-6-9-19(24)20(25)23-12-14-27-18-11-10-16-7-4-5-8-17(16)15-18/h4-5,7-8,10-11,15,19H,6,9,12-14H2,1-3H3,(H,23,25)/t19-/m0/s1. The first-order valence-corrected chi connectivity index (χ1v) is 9.72. The predicted molar refractivity (Wildman–Crippen MR) is 108 cm³/mol. The summed E-state index contributed by atoms with van der Waals surface area (Å²) < 4.78 is 11.2. The van der Waals surface area contributed by atoms with Gasteiger partial charge >= 0.3 is 6.09 Å². The number of rotatable bonds is 5. The van der Waals surface area contributed by atoms with Crippen LogP contribution in [-0.4, -0.2) is 48.2 Å². The fourth-order valence-electron chi connectivity index (χ4n) is 3.30. The smallest absolute Gasteiger partial charge is 0.410 e. The van der Waals surface area contributed by atoms with E-state index in [4.69, 9.17) is 9.47 Å². The molecule has 28 heavy (non-hydrogen) atoms. The first-order chi connectivity index (χ1) is 13.3. The molecule has 0 spiro atoms. The molecule has 0 radical (unpaired) electrons. The van der Waals surface area contributed by atoms with E-state index in [-0.39, 0.29) is 5.91 Å². The van der Waals surface area contributed by atoms with Crippen LogP contribution in [0.4, 0.5) is 4.79 Å². The van der Waals surface area contributed by atoms with E-state index in [1.165, 1.54) is 4.90 Å². The molecule has 1 heterocycles. The highest BCUT2D eigenvalue weighted by atomic mass is 16.6. The molecule has 3 rings (SSSR count). The summed E-state index contributed by atoms with van der Waals surface area (Å²) in [5.74, 6) is 0.606. The lowest BCUT2D eigenvalue weighted by atomic mass is 10.1. The summed E-state index contributed by atoms with van der Waals surface area (Å²) in [4.78, 5) is 26.3. The van der Waals surface area contributed by atoms with Gasteiger partial charge in [0.2, 0.25) is 5.91 Å². The van der Waals surface area contributed by atoms with Crippen LogP contribution in [0.3, 0.4) is 0 Å². The molecule has 1 aliphatic rings. The van der Waals surface area contributed by atoms with Crippen LogP contribution in [0, 0.1) is 0 Å². The van der Waals surface area contributed by atoms with Crippen LogP contribution in [0.15, 0.2) is 42.5 Å². The minimum Gasteiger partial charge on any atom is -0.492 e. The quantitative estimate of drug-likeness (QED) is 0.798. The average Bonchev–Trinajstić information content (AvgIpc) is 3.14. The summed E-state index contributed by atoms with van der Waals surface area (Å²) in [5, 5.41) is 5.14. The van der Waals surface area contributed by atoms with Gasteiger partial charge in [-0.1, -0.05) is 30.3 Å². The van der Waals surface area contributed by atoms with Gasteiger partial charge in [-0.15, -0.1) is 0 Å². The summed E-state index contributed by atoms with van der Waals surface area (Å²) in [7, 11) is 0. The number of nitrogens with one attached hydrogen (secondary N) is 1. The molecule has 1 aliphatic heterocycles. The van der Waals surface area contributed by atoms with Crippen LogP contribution in [0.5, 0.6) is 5.75 Å². The molecule has 2 aromatic carbocycles. The second-order valence-corrected chi connectivity index (χ2v) is 7.98. The second-order valence-electron chi connectivity index (χ2n) is 7.98. The number of hydrogen-bond acceptors (Lipinski definition) is 4. The maximum atomic E-state index is 12.5. The molecule has 0 aliphatic carbocycles. The zero-order valence-electron chi connectivity index (χ0n) is 16.7. The Bertz CT molecular complexity index is 844. The largest absolute Gasteiger partial charge is 0.492 e. The summed E-state index contributed by atoms with van der Waals surface area (Å²) in [6.45, 7) is 6.74. The lowest BCUT2D eigenvalue weighted by molar-refractivity contribution is -0.125. The van der Waals surface area contributed by atoms with Gasteiger partial charge in [0.1, 0.15) is 24.0 Å². The van der Waals surface area contributed by atoms with Crippen molar-refractivity contribution < 1.29 is 19.1 Å². The zero-order valence-corrected chi connectivity index (χ0v) is 16.7. The van der Waals surface area contributed by atoms with Crippen LogP contribution in [0.25, 0.3) is 10.8 Å². The molecule has 150 valence electrons. The van der Waals surface area contributed by atoms with E-state index in [0.717, 1.165) is 22.9 Å². The predicted octanol–water partition coefficient (Wildman–Crippen LogP) is 3.73. The van der Waals surface area contributed by atoms with Crippen molar-refractivity contribution >= 4 is 22.8 Å². The number of carbonyl (C=O) groups is 2. The monoisotopic (exact) mass is 384 g/mol. The highest BCUT2D eigenvalue weighted by Crippen LogP contribution is 2.22. The van der Waals surface area contributed by atoms with E-state index in [0.29, 0.717) is 26.1 Å². The summed E-state index contributed by atoms with van der Waals surface area (Å²) in [6.07, 6.45) is 1.01. The SMILES string of the molecule is CC(C)(C)OC(=O)N1CCC[C@H]1C(=O)NCCOc1ccc2ccccc2c1. The first kappa shape index (κ1) is 20.0. The number of ether oxygens (including phenoxy) is 2. The average molecular weight is 384 g/mol. The van der Waals surface area contributed by atoms with E-state index in [9.17, 15) is 9.59 Å². The lowest BCUT2D eigenvalue weighted by Crippen LogP contribution is -2.48. The summed E-state index contributed by atoms with van der Waals surface area (Å²) in [5.41, 5.74) is -0.575. The van der Waals surface area contributed by atoms with Crippen molar-refractivity contribution in [3.63, 3.8) is 0 Å². The van der Waals surface area contributed by atoms with Gasteiger partial charge in [-0.05, 0) is 56.5 Å². The van der Waals surface area contributed by atoms with Crippen molar-refractivity contribution in [3.8, 4) is 5.75 Å². The van der Waals surface area contributed by atoms with Crippen molar-refractivity contribution in [3.05, 3.63) is 42.5 Å². The third-order valence-corrected chi connectivity index (χ3v) is 4.57. The molecular weight excluding hydrogens is 356 g/mol. The first-order valence-electron chi connectivity index (χ1n) is 9.72. The summed E-state index contributed by atoms with van der Waals surface area (Å²) >= 11 is 0. The Labute approximate surface area is 165 Å². The fourth-order valence-corrected chi connectivity index (χ4v) is 3.30. The van der Waals surface area contributed by atoms with Crippen molar-refractivity contribution in [2.75, 3.05) is 19.7 Å². The molecule has 2 aromatic rings. The van der Waals surface area contributed by atoms with Crippen LogP contribution in [-0.2, 0) is 9.53 Å². The van der Waals surface area contributed by atoms with Gasteiger partial charge in [-0.3, -0.25) is 9.69 Å². The van der Waals surface area contributed by atoms with Crippen molar-refractivity contribution in [1.82, 2.24) is 10.2 Å². The molecule has 1 saturated heterocycles. The zero-order chi connectivity index (χ0) is 20.1. The number of carbonyl (C=O) groups excluding carboxylic acids is 2. The van der Waals surface area contributed by atoms with E-state index in [1.807, 2.05) is 57.2 Å². The Kier molecular flexibility index (Phi) is 6.07. The summed E-state index contributed by atoms with van der Waals surface area (Å²) in [6, 6.07) is 13.5. The third-order valence-electron chi connectivity index (χ3n) is 4.57. The molecule has 0 saturated carbocycles. The number of nitrogens with zero attached hydrogens (tertiary/aromatic N) is 1. The van der Waals surface area contributed by atoms with Gasteiger partial charge in [0.25, 0.3) is 0 Å². The third kappa shape index (κ3) is 5.15. The van der Waals surface area contributed by atoms with Crippen molar-refractivity contribution in [1.29, 1.82) is 0 Å². The van der Waals surface area contributed by atoms with Gasteiger partial charge in [-0.2, -0.15) is 0 Å². The Morgan fingerprint density at radius 1 is 1.14 bits per heavy atom. The van der Waals surface area contributed by atoms with Gasteiger partial charge in [-0.25, -0.2) is 4.79 Å². The van der Waals surface area contributed by atoms with Crippen molar-refractivity contribution in [2.24, 2.45) is 0 Å². The molecule has 0 aromatic heterocycles. The van der Waals surface area contributed by atoms with E-state index >= 15 is 0 Å². The number of benzene rings is 2. The molecule has 0 unspecified atom stereocenters. The van der Waals surface area contributed by atoms with Gasteiger partial charge in [0.05, 0.1) is 6.54 Å². The van der Waals surface area contributed by atoms with E-state index in [2.05, 4.69) is 11.4 Å². The Hall–Kier alpha value is -2.76. The molecule has 0 bridgehead atoms. The minimum absolute atomic E-state index is 0.162. The number of amides is 2. The Morgan fingerprint density at radius 3 is 2.64 bits per heavy atom. The molecule has 1 atom stereocenters. The fraction of sp³-hybridized carbons (Fsp3) is 0.455. The minimum atomic E-state index is -0.575. The molecular formula is C22H28N2O4. The highest BCUT2D eigenvalue weighted by Gasteiger charge is 2.36. The Balaban J connectivity index is 1.47. The van der Waals surface area contributed by atoms with Crippen LogP contribution in [0.1, 0.15) is 33.6 Å². The molecule has 1 fully saturated rings. The van der Waals surface area contributed by atoms with Crippen LogP contribution in [0.2, 0.25) is 0 Å². The van der Waals surface area contributed by atoms with Gasteiger partial charge in [0, 0.05) is 6.54 Å². The van der Waals surface area contributed by atoms with Crippen molar-refractivity contribution in [2.45, 2.75) is 45.3 Å². The molecule has 2 amide bonds. The molecule has 6 nitrogen and oxygen atoms in total. The van der Waals surface area contributed by atoms with Gasteiger partial charge in [0.15, 0.2) is 0 Å². The number of likely N-dealkylation sites (tertiary alicyclic amines) is 1. The topological polar surface area (TPSA) is 67.9 Å². The Morgan fingerprint density at radius 2 is 1.89 bits per heavy atom. The second kappa shape index (κ2) is 8.50. The van der Waals surface area contributed by atoms with E-state index in [1.54, 1.807) is 0 Å². The lowest BCUT2D eigenvalue weighted by Gasteiger charge is -2.28. The highest BCUT2D eigenvalue weighted by molar-refractivity contribution is 5.86. The number of hydrogen-bond donors (Lipinski definition) is 1. The normalized spacial score (nSPS) is 16.8. The van der Waals surface area contributed by atoms with Crippen LogP contribution >= 0.6 is 0 Å². The van der Waals surface area contributed by atoms with Crippen LogP contribution < -0.4 is 10.1 Å². The molecule has 6 heteroatoms.